The van der Waals surface area contributed by atoms with E-state index in [9.17, 15) is 13.6 Å². The molecule has 0 spiro atoms. The summed E-state index contributed by atoms with van der Waals surface area (Å²) in [5, 5.41) is 11.0. The molecule has 1 amide bonds. The molecule has 94 valence electrons. The average molecular weight is 245 g/mol. The van der Waals surface area contributed by atoms with Gasteiger partial charge in [-0.25, -0.2) is 0 Å². The van der Waals surface area contributed by atoms with Crippen LogP contribution in [0.25, 0.3) is 0 Å². The third kappa shape index (κ3) is 5.26. The Balaban J connectivity index is 2.47. The maximum Gasteiger partial charge on any atom is 0.387 e. The summed E-state index contributed by atoms with van der Waals surface area (Å²) in [7, 11) is 0. The number of amides is 1. The molecule has 0 saturated carbocycles. The van der Waals surface area contributed by atoms with Crippen molar-refractivity contribution < 1.29 is 23.4 Å². The molecule has 0 atom stereocenters. The lowest BCUT2D eigenvalue weighted by atomic mass is 10.1. The first-order chi connectivity index (χ1) is 8.11. The lowest BCUT2D eigenvalue weighted by Gasteiger charge is -2.06. The number of halogens is 2. The van der Waals surface area contributed by atoms with Gasteiger partial charge in [0.05, 0.1) is 13.0 Å². The first-order valence-electron chi connectivity index (χ1n) is 5.03. The number of rotatable bonds is 6. The normalized spacial score (nSPS) is 10.4. The van der Waals surface area contributed by atoms with Crippen LogP contribution in [0.5, 0.6) is 5.75 Å². The predicted molar refractivity (Wildman–Crippen MR) is 56.9 cm³/mol. The Labute approximate surface area is 97.2 Å². The van der Waals surface area contributed by atoms with Gasteiger partial charge in [-0.1, -0.05) is 12.1 Å². The van der Waals surface area contributed by atoms with Crippen LogP contribution in [0.1, 0.15) is 5.56 Å². The summed E-state index contributed by atoms with van der Waals surface area (Å²) in [5.41, 5.74) is 0.682. The molecule has 2 N–H and O–H groups in total. The van der Waals surface area contributed by atoms with Gasteiger partial charge in [0, 0.05) is 6.54 Å². The molecule has 1 aromatic carbocycles. The largest absolute Gasteiger partial charge is 0.435 e. The summed E-state index contributed by atoms with van der Waals surface area (Å²) in [6.07, 6.45) is 0.134. The summed E-state index contributed by atoms with van der Waals surface area (Å²) in [5.74, 6) is -0.180. The standard InChI is InChI=1S/C11H13F2NO3/c12-11(13)17-9-3-1-8(2-4-9)7-10(16)14-5-6-15/h1-4,11,15H,5-7H2,(H,14,16). The number of carbonyl (C=O) groups is 1. The van der Waals surface area contributed by atoms with Crippen molar-refractivity contribution in [1.29, 1.82) is 0 Å². The fraction of sp³-hybridized carbons (Fsp3) is 0.364. The number of ether oxygens (including phenoxy) is 1. The fourth-order valence-electron chi connectivity index (χ4n) is 1.23. The van der Waals surface area contributed by atoms with Crippen molar-refractivity contribution in [3.05, 3.63) is 29.8 Å². The van der Waals surface area contributed by atoms with E-state index in [1.54, 1.807) is 0 Å². The Morgan fingerprint density at radius 2 is 2.00 bits per heavy atom. The van der Waals surface area contributed by atoms with E-state index in [2.05, 4.69) is 10.1 Å². The molecule has 0 heterocycles. The molecule has 1 aromatic rings. The molecular formula is C11H13F2NO3. The van der Waals surface area contributed by atoms with Gasteiger partial charge in [0.15, 0.2) is 0 Å². The maximum absolute atomic E-state index is 11.9. The van der Waals surface area contributed by atoms with Crippen LogP contribution >= 0.6 is 0 Å². The second kappa shape index (κ2) is 6.80. The van der Waals surface area contributed by atoms with Crippen LogP contribution in [0, 0.1) is 0 Å². The number of carbonyl (C=O) groups excluding carboxylic acids is 1. The van der Waals surface area contributed by atoms with Crippen molar-refractivity contribution in [1.82, 2.24) is 5.32 Å². The highest BCUT2D eigenvalue weighted by atomic mass is 19.3. The molecule has 0 aliphatic rings. The van der Waals surface area contributed by atoms with Gasteiger partial charge < -0.3 is 15.2 Å². The van der Waals surface area contributed by atoms with Crippen molar-refractivity contribution in [3.8, 4) is 5.75 Å². The van der Waals surface area contributed by atoms with Crippen LogP contribution in [-0.2, 0) is 11.2 Å². The van der Waals surface area contributed by atoms with Crippen LogP contribution < -0.4 is 10.1 Å². The molecular weight excluding hydrogens is 232 g/mol. The van der Waals surface area contributed by atoms with Gasteiger partial charge in [0.2, 0.25) is 5.91 Å². The van der Waals surface area contributed by atoms with Crippen molar-refractivity contribution in [3.63, 3.8) is 0 Å². The third-order valence-electron chi connectivity index (χ3n) is 1.95. The third-order valence-corrected chi connectivity index (χ3v) is 1.95. The van der Waals surface area contributed by atoms with E-state index in [0.29, 0.717) is 5.56 Å². The smallest absolute Gasteiger partial charge is 0.387 e. The molecule has 0 radical (unpaired) electrons. The molecule has 0 aromatic heterocycles. The summed E-state index contributed by atoms with van der Waals surface area (Å²) in [4.78, 5) is 11.3. The topological polar surface area (TPSA) is 58.6 Å². The number of aliphatic hydroxyl groups excluding tert-OH is 1. The van der Waals surface area contributed by atoms with Crippen LogP contribution in [0.4, 0.5) is 8.78 Å². The minimum absolute atomic E-state index is 0.0551. The minimum Gasteiger partial charge on any atom is -0.435 e. The molecule has 0 bridgehead atoms. The van der Waals surface area contributed by atoms with E-state index < -0.39 is 6.61 Å². The summed E-state index contributed by atoms with van der Waals surface area (Å²) < 4.78 is 27.9. The number of hydrogen-bond acceptors (Lipinski definition) is 3. The molecule has 0 unspecified atom stereocenters. The molecule has 0 aliphatic heterocycles. The second-order valence-electron chi connectivity index (χ2n) is 3.27. The number of hydrogen-bond donors (Lipinski definition) is 2. The lowest BCUT2D eigenvalue weighted by molar-refractivity contribution is -0.120. The molecule has 1 rings (SSSR count). The zero-order valence-corrected chi connectivity index (χ0v) is 9.03. The van der Waals surface area contributed by atoms with Crippen LogP contribution in [0.15, 0.2) is 24.3 Å². The molecule has 0 saturated heterocycles. The Kier molecular flexibility index (Phi) is 5.35. The second-order valence-corrected chi connectivity index (χ2v) is 3.27. The van der Waals surface area contributed by atoms with Crippen molar-refractivity contribution >= 4 is 5.91 Å². The van der Waals surface area contributed by atoms with Gasteiger partial charge in [-0.2, -0.15) is 8.78 Å². The van der Waals surface area contributed by atoms with Crippen LogP contribution in [0.2, 0.25) is 0 Å². The zero-order valence-electron chi connectivity index (χ0n) is 9.03. The van der Waals surface area contributed by atoms with E-state index in [1.807, 2.05) is 0 Å². The van der Waals surface area contributed by atoms with Gasteiger partial charge in [0.25, 0.3) is 0 Å². The summed E-state index contributed by atoms with van der Waals surface area (Å²) in [6, 6.07) is 5.83. The summed E-state index contributed by atoms with van der Waals surface area (Å²) in [6.45, 7) is -2.77. The lowest BCUT2D eigenvalue weighted by Crippen LogP contribution is -2.27. The Morgan fingerprint density at radius 1 is 1.35 bits per heavy atom. The van der Waals surface area contributed by atoms with Crippen LogP contribution in [-0.4, -0.2) is 30.8 Å². The zero-order chi connectivity index (χ0) is 12.7. The SMILES string of the molecule is O=C(Cc1ccc(OC(F)F)cc1)NCCO. The van der Waals surface area contributed by atoms with Crippen molar-refractivity contribution in [2.24, 2.45) is 0 Å². The maximum atomic E-state index is 11.9. The van der Waals surface area contributed by atoms with Gasteiger partial charge in [-0.05, 0) is 17.7 Å². The Hall–Kier alpha value is -1.69. The number of alkyl halides is 2. The van der Waals surface area contributed by atoms with Crippen LogP contribution in [0.3, 0.4) is 0 Å². The van der Waals surface area contributed by atoms with Crippen molar-refractivity contribution in [2.75, 3.05) is 13.2 Å². The Morgan fingerprint density at radius 3 is 2.53 bits per heavy atom. The molecule has 4 nitrogen and oxygen atoms in total. The quantitative estimate of drug-likeness (QED) is 0.784. The number of aliphatic hydroxyl groups is 1. The fourth-order valence-corrected chi connectivity index (χ4v) is 1.23. The van der Waals surface area contributed by atoms with Gasteiger partial charge >= 0.3 is 6.61 Å². The number of benzene rings is 1. The molecule has 6 heteroatoms. The first kappa shape index (κ1) is 13.4. The van der Waals surface area contributed by atoms with E-state index >= 15 is 0 Å². The molecule has 0 fully saturated rings. The van der Waals surface area contributed by atoms with E-state index in [0.717, 1.165) is 0 Å². The minimum atomic E-state index is -2.85. The summed E-state index contributed by atoms with van der Waals surface area (Å²) >= 11 is 0. The Bertz CT molecular complexity index is 354. The van der Waals surface area contributed by atoms with E-state index in [-0.39, 0.29) is 31.2 Å². The average Bonchev–Trinajstić information content (AvgIpc) is 2.28. The first-order valence-corrected chi connectivity index (χ1v) is 5.03. The van der Waals surface area contributed by atoms with Gasteiger partial charge in [-0.3, -0.25) is 4.79 Å². The highest BCUT2D eigenvalue weighted by Gasteiger charge is 2.05. The van der Waals surface area contributed by atoms with Gasteiger partial charge in [-0.15, -0.1) is 0 Å². The van der Waals surface area contributed by atoms with E-state index in [1.165, 1.54) is 24.3 Å². The highest BCUT2D eigenvalue weighted by Crippen LogP contribution is 2.15. The van der Waals surface area contributed by atoms with Gasteiger partial charge in [0.1, 0.15) is 5.75 Å². The predicted octanol–water partition coefficient (Wildman–Crippen LogP) is 0.939. The van der Waals surface area contributed by atoms with E-state index in [4.69, 9.17) is 5.11 Å². The molecule has 17 heavy (non-hydrogen) atoms. The highest BCUT2D eigenvalue weighted by molar-refractivity contribution is 5.78. The molecule has 0 aliphatic carbocycles. The monoisotopic (exact) mass is 245 g/mol. The number of nitrogens with one attached hydrogen (secondary N) is 1. The van der Waals surface area contributed by atoms with Crippen molar-refractivity contribution in [2.45, 2.75) is 13.0 Å².